The van der Waals surface area contributed by atoms with E-state index in [0.717, 1.165) is 41.8 Å². The molecule has 0 bridgehead atoms. The number of amides is 1. The Kier molecular flexibility index (Phi) is 4.01. The van der Waals surface area contributed by atoms with Gasteiger partial charge < -0.3 is 14.2 Å². The molecule has 0 N–H and O–H groups in total. The van der Waals surface area contributed by atoms with Gasteiger partial charge in [-0.3, -0.25) is 0 Å². The van der Waals surface area contributed by atoms with E-state index in [2.05, 4.69) is 9.55 Å². The van der Waals surface area contributed by atoms with Crippen molar-refractivity contribution in [3.63, 3.8) is 0 Å². The molecule has 1 amide bonds. The van der Waals surface area contributed by atoms with Gasteiger partial charge in [-0.1, -0.05) is 6.08 Å². The summed E-state index contributed by atoms with van der Waals surface area (Å²) in [6.45, 7) is 7.47. The number of halogens is 1. The molecule has 3 heterocycles. The summed E-state index contributed by atoms with van der Waals surface area (Å²) in [6.07, 6.45) is 4.27. The van der Waals surface area contributed by atoms with Crippen molar-refractivity contribution in [1.29, 1.82) is 0 Å². The van der Waals surface area contributed by atoms with E-state index in [1.54, 1.807) is 4.90 Å². The molecule has 4 rings (SSSR count). The number of fused-ring (bicyclic) bond motifs is 3. The zero-order valence-corrected chi connectivity index (χ0v) is 15.5. The number of hydrogen-bond acceptors (Lipinski definition) is 3. The highest BCUT2D eigenvalue weighted by Gasteiger charge is 2.25. The fourth-order valence-electron chi connectivity index (χ4n) is 3.68. The van der Waals surface area contributed by atoms with Gasteiger partial charge in [0.2, 0.25) is 0 Å². The minimum absolute atomic E-state index is 0.244. The highest BCUT2D eigenvalue weighted by atomic mass is 19.1. The smallest absolute Gasteiger partial charge is 0.410 e. The van der Waals surface area contributed by atoms with Crippen LogP contribution in [0.3, 0.4) is 0 Å². The van der Waals surface area contributed by atoms with E-state index in [1.165, 1.54) is 6.07 Å². The van der Waals surface area contributed by atoms with E-state index in [4.69, 9.17) is 4.74 Å². The average Bonchev–Trinajstić information content (AvgIpc) is 3.13. The molecular weight excluding hydrogens is 333 g/mol. The summed E-state index contributed by atoms with van der Waals surface area (Å²) in [6, 6.07) is 3.46. The Labute approximate surface area is 152 Å². The van der Waals surface area contributed by atoms with E-state index >= 15 is 0 Å². The van der Waals surface area contributed by atoms with Crippen molar-refractivity contribution in [2.24, 2.45) is 0 Å². The zero-order chi connectivity index (χ0) is 18.5. The van der Waals surface area contributed by atoms with Crippen LogP contribution in [0.25, 0.3) is 16.6 Å². The van der Waals surface area contributed by atoms with Crippen LogP contribution in [0.5, 0.6) is 0 Å². The Morgan fingerprint density at radius 1 is 1.23 bits per heavy atom. The van der Waals surface area contributed by atoms with Crippen molar-refractivity contribution in [2.45, 2.75) is 52.2 Å². The number of aryl methyl sites for hydroxylation is 2. The van der Waals surface area contributed by atoms with Gasteiger partial charge in [0.25, 0.3) is 0 Å². The van der Waals surface area contributed by atoms with E-state index in [9.17, 15) is 9.18 Å². The van der Waals surface area contributed by atoms with Gasteiger partial charge in [0, 0.05) is 37.7 Å². The van der Waals surface area contributed by atoms with Crippen molar-refractivity contribution < 1.29 is 13.9 Å². The van der Waals surface area contributed by atoms with Crippen molar-refractivity contribution in [3.05, 3.63) is 35.4 Å². The molecule has 6 heteroatoms. The van der Waals surface area contributed by atoms with E-state index < -0.39 is 5.60 Å². The van der Waals surface area contributed by atoms with Gasteiger partial charge in [-0.15, -0.1) is 0 Å². The number of hydrogen-bond donors (Lipinski definition) is 0. The Morgan fingerprint density at radius 2 is 2.04 bits per heavy atom. The van der Waals surface area contributed by atoms with Crippen LogP contribution in [0.15, 0.2) is 18.2 Å². The lowest BCUT2D eigenvalue weighted by molar-refractivity contribution is 0.0270. The van der Waals surface area contributed by atoms with Gasteiger partial charge in [0.05, 0.1) is 11.0 Å². The maximum atomic E-state index is 14.6. The first kappa shape index (κ1) is 17.1. The maximum Gasteiger partial charge on any atom is 0.410 e. The summed E-state index contributed by atoms with van der Waals surface area (Å²) in [7, 11) is 0. The van der Waals surface area contributed by atoms with Gasteiger partial charge in [0.15, 0.2) is 0 Å². The standard InChI is InChI=1S/C20H24FN3O2/c1-20(2,3)26-19(25)23-9-6-13(7-10-23)14-11-17-16(12-15(14)21)22-18-5-4-8-24(17)18/h6,11-12H,4-5,7-10H2,1-3H3. The lowest BCUT2D eigenvalue weighted by Gasteiger charge is -2.29. The van der Waals surface area contributed by atoms with E-state index in [-0.39, 0.29) is 11.9 Å². The molecule has 2 aliphatic rings. The van der Waals surface area contributed by atoms with Gasteiger partial charge in [-0.25, -0.2) is 14.2 Å². The SMILES string of the molecule is CC(C)(C)OC(=O)N1CC=C(c2cc3c(cc2F)nc2n3CCC2)CC1. The predicted octanol–water partition coefficient (Wildman–Crippen LogP) is 4.15. The molecule has 26 heavy (non-hydrogen) atoms. The average molecular weight is 357 g/mol. The minimum Gasteiger partial charge on any atom is -0.444 e. The van der Waals surface area contributed by atoms with Crippen LogP contribution in [0.2, 0.25) is 0 Å². The molecule has 1 aromatic carbocycles. The molecule has 0 aliphatic carbocycles. The van der Waals surface area contributed by atoms with Crippen molar-refractivity contribution >= 4 is 22.7 Å². The summed E-state index contributed by atoms with van der Waals surface area (Å²) in [4.78, 5) is 18.4. The van der Waals surface area contributed by atoms with Crippen molar-refractivity contribution in [3.8, 4) is 0 Å². The van der Waals surface area contributed by atoms with Crippen LogP contribution < -0.4 is 0 Å². The third-order valence-corrected chi connectivity index (χ3v) is 4.90. The zero-order valence-electron chi connectivity index (χ0n) is 15.5. The number of imidazole rings is 1. The summed E-state index contributed by atoms with van der Waals surface area (Å²) < 4.78 is 22.3. The number of ether oxygens (including phenoxy) is 1. The van der Waals surface area contributed by atoms with Gasteiger partial charge >= 0.3 is 6.09 Å². The number of benzene rings is 1. The third kappa shape index (κ3) is 3.08. The first-order chi connectivity index (χ1) is 12.3. The van der Waals surface area contributed by atoms with Crippen LogP contribution >= 0.6 is 0 Å². The fourth-order valence-corrected chi connectivity index (χ4v) is 3.68. The summed E-state index contributed by atoms with van der Waals surface area (Å²) in [5.74, 6) is 0.802. The van der Waals surface area contributed by atoms with Crippen molar-refractivity contribution in [1.82, 2.24) is 14.5 Å². The molecule has 0 radical (unpaired) electrons. The molecule has 2 aliphatic heterocycles. The second-order valence-corrected chi connectivity index (χ2v) is 8.01. The second kappa shape index (κ2) is 6.11. The lowest BCUT2D eigenvalue weighted by Crippen LogP contribution is -2.39. The number of nitrogens with zero attached hydrogens (tertiary/aromatic N) is 3. The van der Waals surface area contributed by atoms with Gasteiger partial charge in [0.1, 0.15) is 17.2 Å². The number of aromatic nitrogens is 2. The molecule has 2 aromatic rings. The highest BCUT2D eigenvalue weighted by molar-refractivity contribution is 5.83. The second-order valence-electron chi connectivity index (χ2n) is 8.01. The summed E-state index contributed by atoms with van der Waals surface area (Å²) in [5, 5.41) is 0. The molecule has 0 fully saturated rings. The molecule has 5 nitrogen and oxygen atoms in total. The van der Waals surface area contributed by atoms with Crippen LogP contribution in [-0.4, -0.2) is 39.2 Å². The van der Waals surface area contributed by atoms with Crippen LogP contribution in [-0.2, 0) is 17.7 Å². The van der Waals surface area contributed by atoms with Gasteiger partial charge in [-0.05, 0) is 45.3 Å². The maximum absolute atomic E-state index is 14.6. The molecule has 1 aromatic heterocycles. The third-order valence-electron chi connectivity index (χ3n) is 4.90. The molecule has 0 saturated heterocycles. The Morgan fingerprint density at radius 3 is 2.73 bits per heavy atom. The highest BCUT2D eigenvalue weighted by Crippen LogP contribution is 2.31. The lowest BCUT2D eigenvalue weighted by atomic mass is 9.98. The van der Waals surface area contributed by atoms with Gasteiger partial charge in [-0.2, -0.15) is 0 Å². The summed E-state index contributed by atoms with van der Waals surface area (Å²) in [5.41, 5.74) is 2.78. The molecular formula is C20H24FN3O2. The first-order valence-electron chi connectivity index (χ1n) is 9.18. The number of rotatable bonds is 1. The minimum atomic E-state index is -0.513. The Hall–Kier alpha value is -2.37. The quantitative estimate of drug-likeness (QED) is 0.770. The largest absolute Gasteiger partial charge is 0.444 e. The van der Waals surface area contributed by atoms with E-state index in [1.807, 2.05) is 32.9 Å². The molecule has 0 spiro atoms. The topological polar surface area (TPSA) is 47.4 Å². The number of carbonyl (C=O) groups is 1. The van der Waals surface area contributed by atoms with Crippen LogP contribution in [0.1, 0.15) is 45.0 Å². The summed E-state index contributed by atoms with van der Waals surface area (Å²) >= 11 is 0. The van der Waals surface area contributed by atoms with Crippen molar-refractivity contribution in [2.75, 3.05) is 13.1 Å². The predicted molar refractivity (Wildman–Crippen MR) is 98.4 cm³/mol. The Balaban J connectivity index is 1.58. The monoisotopic (exact) mass is 357 g/mol. The van der Waals surface area contributed by atoms with E-state index in [0.29, 0.717) is 25.1 Å². The molecule has 138 valence electrons. The Bertz CT molecular complexity index is 908. The fraction of sp³-hybridized carbons (Fsp3) is 0.500. The normalized spacial score (nSPS) is 17.4. The van der Waals surface area contributed by atoms with Crippen LogP contribution in [0, 0.1) is 5.82 Å². The molecule has 0 unspecified atom stereocenters. The number of carbonyl (C=O) groups excluding carboxylic acids is 1. The molecule has 0 saturated carbocycles. The first-order valence-corrected chi connectivity index (χ1v) is 9.18. The molecule has 0 atom stereocenters. The van der Waals surface area contributed by atoms with Crippen LogP contribution in [0.4, 0.5) is 9.18 Å².